The third-order valence-electron chi connectivity index (χ3n) is 5.17. The highest BCUT2D eigenvalue weighted by Gasteiger charge is 2.28. The summed E-state index contributed by atoms with van der Waals surface area (Å²) in [5.41, 5.74) is 1.28. The van der Waals surface area contributed by atoms with Crippen molar-refractivity contribution in [3.05, 3.63) is 54.2 Å². The predicted octanol–water partition coefficient (Wildman–Crippen LogP) is 3.29. The maximum atomic E-state index is 5.99. The van der Waals surface area contributed by atoms with Crippen LogP contribution in [0, 0.1) is 0 Å². The van der Waals surface area contributed by atoms with Crippen LogP contribution in [0.5, 0.6) is 11.6 Å². The topological polar surface area (TPSA) is 59.0 Å². The van der Waals surface area contributed by atoms with Gasteiger partial charge in [-0.1, -0.05) is 24.3 Å². The molecule has 1 aromatic carbocycles. The number of para-hydroxylation sites is 1. The number of benzene rings is 1. The Morgan fingerprint density at radius 1 is 1.25 bits per heavy atom. The number of fused-ring (bicyclic) bond motifs is 1. The second-order valence-electron chi connectivity index (χ2n) is 6.94. The molecule has 2 unspecified atom stereocenters. The van der Waals surface area contributed by atoms with Gasteiger partial charge in [0.25, 0.3) is 0 Å². The van der Waals surface area contributed by atoms with Crippen LogP contribution in [0.3, 0.4) is 0 Å². The van der Waals surface area contributed by atoms with Gasteiger partial charge in [0.2, 0.25) is 5.88 Å². The van der Waals surface area contributed by atoms with E-state index >= 15 is 0 Å². The molecule has 0 aliphatic carbocycles. The number of ether oxygens (including phenoxy) is 2. The van der Waals surface area contributed by atoms with Crippen molar-refractivity contribution >= 4 is 29.9 Å². The van der Waals surface area contributed by atoms with Gasteiger partial charge < -0.3 is 19.7 Å². The summed E-state index contributed by atoms with van der Waals surface area (Å²) >= 11 is 0. The number of nitrogens with one attached hydrogen (secondary N) is 1. The van der Waals surface area contributed by atoms with Crippen LogP contribution in [0.4, 0.5) is 0 Å². The Bertz CT molecular complexity index is 787. The van der Waals surface area contributed by atoms with E-state index in [0.29, 0.717) is 11.8 Å². The Balaban J connectivity index is 0.00000225. The molecule has 2 aliphatic rings. The minimum Gasteiger partial charge on any atom is -0.493 e. The minimum atomic E-state index is 0. The number of rotatable bonds is 4. The molecule has 4 rings (SSSR count). The molecular formula is C21H27IN4O2. The predicted molar refractivity (Wildman–Crippen MR) is 121 cm³/mol. The molecule has 1 saturated heterocycles. The van der Waals surface area contributed by atoms with E-state index < -0.39 is 0 Å². The molecule has 1 aromatic heterocycles. The minimum absolute atomic E-state index is 0. The Labute approximate surface area is 183 Å². The molecule has 150 valence electrons. The SMILES string of the molecule is CN=C(NCC1CCOc2ccccc21)N1CCC(Oc2ccccn2)C1.I. The van der Waals surface area contributed by atoms with Gasteiger partial charge in [-0.2, -0.15) is 0 Å². The first kappa shape index (κ1) is 20.7. The number of pyridine rings is 1. The number of likely N-dealkylation sites (tertiary alicyclic amines) is 1. The lowest BCUT2D eigenvalue weighted by Gasteiger charge is -2.28. The summed E-state index contributed by atoms with van der Waals surface area (Å²) in [4.78, 5) is 11.0. The maximum absolute atomic E-state index is 5.99. The van der Waals surface area contributed by atoms with Crippen molar-refractivity contribution in [1.82, 2.24) is 15.2 Å². The Morgan fingerprint density at radius 3 is 2.93 bits per heavy atom. The fourth-order valence-corrected chi connectivity index (χ4v) is 3.78. The van der Waals surface area contributed by atoms with E-state index in [1.807, 2.05) is 31.3 Å². The largest absolute Gasteiger partial charge is 0.493 e. The average Bonchev–Trinajstić information content (AvgIpc) is 3.17. The zero-order valence-corrected chi connectivity index (χ0v) is 18.4. The van der Waals surface area contributed by atoms with Crippen LogP contribution in [0.25, 0.3) is 0 Å². The van der Waals surface area contributed by atoms with E-state index in [1.54, 1.807) is 6.20 Å². The molecule has 0 bridgehead atoms. The highest BCUT2D eigenvalue weighted by molar-refractivity contribution is 14.0. The molecule has 1 N–H and O–H groups in total. The highest BCUT2D eigenvalue weighted by atomic mass is 127. The Hall–Kier alpha value is -2.03. The maximum Gasteiger partial charge on any atom is 0.213 e. The summed E-state index contributed by atoms with van der Waals surface area (Å²) in [7, 11) is 1.84. The number of aliphatic imine (C=N–C) groups is 1. The monoisotopic (exact) mass is 494 g/mol. The van der Waals surface area contributed by atoms with Crippen LogP contribution in [-0.2, 0) is 0 Å². The lowest BCUT2D eigenvalue weighted by molar-refractivity contribution is 0.205. The zero-order valence-electron chi connectivity index (χ0n) is 16.1. The van der Waals surface area contributed by atoms with E-state index in [9.17, 15) is 0 Å². The summed E-state index contributed by atoms with van der Waals surface area (Å²) in [5.74, 6) is 3.07. The summed E-state index contributed by atoms with van der Waals surface area (Å²) in [6, 6.07) is 14.1. The number of hydrogen-bond donors (Lipinski definition) is 1. The summed E-state index contributed by atoms with van der Waals surface area (Å²) in [6.45, 7) is 3.38. The lowest BCUT2D eigenvalue weighted by Crippen LogP contribution is -2.42. The number of nitrogens with zero attached hydrogens (tertiary/aromatic N) is 3. The van der Waals surface area contributed by atoms with Crippen molar-refractivity contribution in [3.63, 3.8) is 0 Å². The van der Waals surface area contributed by atoms with Gasteiger partial charge >= 0.3 is 0 Å². The van der Waals surface area contributed by atoms with Gasteiger partial charge in [0.1, 0.15) is 11.9 Å². The Kier molecular flexibility index (Phi) is 7.36. The molecule has 2 aliphatic heterocycles. The average molecular weight is 494 g/mol. The second-order valence-corrected chi connectivity index (χ2v) is 6.94. The van der Waals surface area contributed by atoms with Crippen LogP contribution in [0.2, 0.25) is 0 Å². The third kappa shape index (κ3) is 4.87. The van der Waals surface area contributed by atoms with Gasteiger partial charge in [0.05, 0.1) is 13.2 Å². The first-order valence-electron chi connectivity index (χ1n) is 9.58. The van der Waals surface area contributed by atoms with Gasteiger partial charge in [-0.05, 0) is 24.1 Å². The molecule has 6 nitrogen and oxygen atoms in total. The molecule has 0 amide bonds. The molecule has 0 radical (unpaired) electrons. The molecule has 2 aromatic rings. The lowest BCUT2D eigenvalue weighted by atomic mass is 9.93. The Morgan fingerprint density at radius 2 is 2.11 bits per heavy atom. The van der Waals surface area contributed by atoms with Gasteiger partial charge in [-0.3, -0.25) is 4.99 Å². The molecule has 0 saturated carbocycles. The number of aromatic nitrogens is 1. The smallest absolute Gasteiger partial charge is 0.213 e. The summed E-state index contributed by atoms with van der Waals surface area (Å²) in [6.07, 6.45) is 3.89. The quantitative estimate of drug-likeness (QED) is 0.402. The van der Waals surface area contributed by atoms with Gasteiger partial charge in [-0.25, -0.2) is 4.98 Å². The first-order chi connectivity index (χ1) is 13.3. The van der Waals surface area contributed by atoms with Crippen molar-refractivity contribution in [1.29, 1.82) is 0 Å². The highest BCUT2D eigenvalue weighted by Crippen LogP contribution is 2.32. The summed E-state index contributed by atoms with van der Waals surface area (Å²) < 4.78 is 11.8. The number of hydrogen-bond acceptors (Lipinski definition) is 4. The van der Waals surface area contributed by atoms with Crippen molar-refractivity contribution in [2.24, 2.45) is 4.99 Å². The molecule has 2 atom stereocenters. The third-order valence-corrected chi connectivity index (χ3v) is 5.17. The van der Waals surface area contributed by atoms with Crippen LogP contribution in [0.1, 0.15) is 24.3 Å². The van der Waals surface area contributed by atoms with Crippen LogP contribution in [-0.4, -0.2) is 55.2 Å². The fraction of sp³-hybridized carbons (Fsp3) is 0.429. The molecule has 0 spiro atoms. The van der Waals surface area contributed by atoms with Gasteiger partial charge in [0.15, 0.2) is 5.96 Å². The molecule has 1 fully saturated rings. The van der Waals surface area contributed by atoms with Crippen molar-refractivity contribution in [2.75, 3.05) is 33.3 Å². The molecule has 28 heavy (non-hydrogen) atoms. The van der Waals surface area contributed by atoms with Crippen LogP contribution < -0.4 is 14.8 Å². The first-order valence-corrected chi connectivity index (χ1v) is 9.58. The van der Waals surface area contributed by atoms with Crippen molar-refractivity contribution < 1.29 is 9.47 Å². The van der Waals surface area contributed by atoms with E-state index in [0.717, 1.165) is 50.8 Å². The van der Waals surface area contributed by atoms with E-state index in [4.69, 9.17) is 9.47 Å². The van der Waals surface area contributed by atoms with Crippen molar-refractivity contribution in [3.8, 4) is 11.6 Å². The van der Waals surface area contributed by atoms with E-state index in [1.165, 1.54) is 5.56 Å². The fourth-order valence-electron chi connectivity index (χ4n) is 3.78. The standard InChI is InChI=1S/C21H26N4O2.HI/c1-22-21(24-14-16-10-13-26-19-7-3-2-6-18(16)19)25-12-9-17(15-25)27-20-8-4-5-11-23-20;/h2-8,11,16-17H,9-10,12-15H2,1H3,(H,22,24);1H. The molecule has 7 heteroatoms. The van der Waals surface area contributed by atoms with E-state index in [-0.39, 0.29) is 30.1 Å². The zero-order chi connectivity index (χ0) is 18.5. The van der Waals surface area contributed by atoms with Gasteiger partial charge in [0, 0.05) is 44.7 Å². The molecular weight excluding hydrogens is 467 g/mol. The number of halogens is 1. The second kappa shape index (κ2) is 9.95. The summed E-state index contributed by atoms with van der Waals surface area (Å²) in [5, 5.41) is 3.56. The van der Waals surface area contributed by atoms with Gasteiger partial charge in [-0.15, -0.1) is 24.0 Å². The number of guanidine groups is 1. The van der Waals surface area contributed by atoms with Crippen molar-refractivity contribution in [2.45, 2.75) is 24.9 Å². The van der Waals surface area contributed by atoms with E-state index in [2.05, 4.69) is 38.4 Å². The van der Waals surface area contributed by atoms with Crippen LogP contribution >= 0.6 is 24.0 Å². The normalized spacial score (nSPS) is 21.3. The molecule has 3 heterocycles. The van der Waals surface area contributed by atoms with Crippen LogP contribution in [0.15, 0.2) is 53.7 Å².